The van der Waals surface area contributed by atoms with E-state index in [0.717, 1.165) is 11.5 Å². The topological polar surface area (TPSA) is 78.4 Å². The van der Waals surface area contributed by atoms with Crippen LogP contribution in [-0.4, -0.2) is 35.1 Å². The third-order valence-electron chi connectivity index (χ3n) is 2.82. The van der Waals surface area contributed by atoms with Gasteiger partial charge in [0.05, 0.1) is 12.8 Å². The summed E-state index contributed by atoms with van der Waals surface area (Å²) in [5.74, 6) is -0.183. The van der Waals surface area contributed by atoms with Gasteiger partial charge in [0.1, 0.15) is 5.75 Å². The second-order valence-electron chi connectivity index (χ2n) is 4.13. The molecule has 7 heteroatoms. The van der Waals surface area contributed by atoms with Gasteiger partial charge in [-0.25, -0.2) is 4.79 Å². The number of esters is 1. The van der Waals surface area contributed by atoms with Crippen molar-refractivity contribution >= 4 is 23.3 Å². The van der Waals surface area contributed by atoms with Crippen LogP contribution in [-0.2, 0) is 11.2 Å². The van der Waals surface area contributed by atoms with Crippen molar-refractivity contribution < 1.29 is 19.1 Å². The fourth-order valence-electron chi connectivity index (χ4n) is 1.65. The predicted octanol–water partition coefficient (Wildman–Crippen LogP) is 2.15. The fourth-order valence-corrected chi connectivity index (χ4v) is 2.30. The molecule has 0 radical (unpaired) electrons. The summed E-state index contributed by atoms with van der Waals surface area (Å²) in [5, 5.41) is 3.83. The highest BCUT2D eigenvalue weighted by Crippen LogP contribution is 2.14. The Bertz CT molecular complexity index is 637. The molecule has 0 aliphatic heterocycles. The van der Waals surface area contributed by atoms with Gasteiger partial charge in [0.2, 0.25) is 0 Å². The second kappa shape index (κ2) is 6.94. The van der Waals surface area contributed by atoms with Crippen molar-refractivity contribution in [2.45, 2.75) is 13.3 Å². The van der Waals surface area contributed by atoms with Crippen molar-refractivity contribution in [1.82, 2.24) is 9.59 Å². The summed E-state index contributed by atoms with van der Waals surface area (Å²) < 4.78 is 13.7. The van der Waals surface area contributed by atoms with Gasteiger partial charge in [-0.1, -0.05) is 11.4 Å². The van der Waals surface area contributed by atoms with E-state index >= 15 is 0 Å². The zero-order valence-corrected chi connectivity index (χ0v) is 12.5. The molecule has 0 spiro atoms. The van der Waals surface area contributed by atoms with Gasteiger partial charge < -0.3 is 9.47 Å². The van der Waals surface area contributed by atoms with Crippen LogP contribution in [0.5, 0.6) is 5.75 Å². The van der Waals surface area contributed by atoms with Crippen LogP contribution in [0, 0.1) is 0 Å². The predicted molar refractivity (Wildman–Crippen MR) is 76.9 cm³/mol. The van der Waals surface area contributed by atoms with Gasteiger partial charge in [-0.2, -0.15) is 0 Å². The third kappa shape index (κ3) is 3.63. The summed E-state index contributed by atoms with van der Waals surface area (Å²) in [5.41, 5.74) is 1.05. The smallest absolute Gasteiger partial charge is 0.352 e. The molecule has 1 heterocycles. The van der Waals surface area contributed by atoms with Crippen LogP contribution < -0.4 is 4.74 Å². The zero-order valence-electron chi connectivity index (χ0n) is 11.7. The fraction of sp³-hybridized carbons (Fsp3) is 0.286. The van der Waals surface area contributed by atoms with Crippen LogP contribution in [0.15, 0.2) is 24.3 Å². The van der Waals surface area contributed by atoms with Gasteiger partial charge in [-0.15, -0.1) is 5.10 Å². The Balaban J connectivity index is 1.95. The van der Waals surface area contributed by atoms with Crippen molar-refractivity contribution in [2.24, 2.45) is 0 Å². The molecule has 1 aromatic heterocycles. The Morgan fingerprint density at radius 2 is 1.95 bits per heavy atom. The lowest BCUT2D eigenvalue weighted by molar-refractivity contribution is 0.0478. The highest BCUT2D eigenvalue weighted by Gasteiger charge is 2.18. The molecule has 0 bridgehead atoms. The Morgan fingerprint density at radius 3 is 2.57 bits per heavy atom. The molecule has 1 aromatic carbocycles. The summed E-state index contributed by atoms with van der Waals surface area (Å²) >= 11 is 0.971. The van der Waals surface area contributed by atoms with Crippen LogP contribution in [0.2, 0.25) is 0 Å². The maximum absolute atomic E-state index is 11.9. The molecule has 0 saturated carbocycles. The normalized spacial score (nSPS) is 10.2. The van der Waals surface area contributed by atoms with E-state index in [1.807, 2.05) is 6.92 Å². The van der Waals surface area contributed by atoms with Gasteiger partial charge in [0.25, 0.3) is 0 Å². The molecule has 0 atom stereocenters. The molecule has 0 unspecified atom stereocenters. The average molecular weight is 306 g/mol. The molecule has 0 aliphatic rings. The summed E-state index contributed by atoms with van der Waals surface area (Å²) in [4.78, 5) is 24.1. The van der Waals surface area contributed by atoms with Crippen LogP contribution in [0.1, 0.15) is 32.6 Å². The van der Waals surface area contributed by atoms with E-state index in [9.17, 15) is 9.59 Å². The molecule has 6 nitrogen and oxygen atoms in total. The minimum atomic E-state index is -0.566. The number of hydrogen-bond donors (Lipinski definition) is 0. The molecule has 0 N–H and O–H groups in total. The monoisotopic (exact) mass is 306 g/mol. The first-order valence-corrected chi connectivity index (χ1v) is 7.08. The first kappa shape index (κ1) is 15.1. The zero-order chi connectivity index (χ0) is 15.2. The van der Waals surface area contributed by atoms with Gasteiger partial charge in [-0.05, 0) is 42.2 Å². The number of aromatic nitrogens is 2. The number of rotatable bonds is 6. The van der Waals surface area contributed by atoms with Gasteiger partial charge >= 0.3 is 5.97 Å². The number of carbonyl (C=O) groups is 2. The standard InChI is InChI=1S/C14H14N2O4S/c1-3-11-13(21-16-15-11)14(18)20-8-12(17)9-4-6-10(19-2)7-5-9/h4-7H,3,8H2,1-2H3. The molecule has 110 valence electrons. The van der Waals surface area contributed by atoms with E-state index in [-0.39, 0.29) is 12.4 Å². The summed E-state index contributed by atoms with van der Waals surface area (Å²) in [6, 6.07) is 6.61. The Labute approximate surface area is 125 Å². The second-order valence-corrected chi connectivity index (χ2v) is 4.88. The van der Waals surface area contributed by atoms with Crippen molar-refractivity contribution in [3.8, 4) is 5.75 Å². The molecule has 0 amide bonds. The van der Waals surface area contributed by atoms with Crippen LogP contribution in [0.3, 0.4) is 0 Å². The number of hydrogen-bond acceptors (Lipinski definition) is 7. The maximum Gasteiger partial charge on any atom is 0.352 e. The van der Waals surface area contributed by atoms with E-state index in [1.54, 1.807) is 31.4 Å². The largest absolute Gasteiger partial charge is 0.497 e. The van der Waals surface area contributed by atoms with Crippen molar-refractivity contribution in [1.29, 1.82) is 0 Å². The van der Waals surface area contributed by atoms with Crippen LogP contribution >= 0.6 is 11.5 Å². The number of nitrogens with zero attached hydrogens (tertiary/aromatic N) is 2. The van der Waals surface area contributed by atoms with Gasteiger partial charge in [0, 0.05) is 5.56 Å². The average Bonchev–Trinajstić information content (AvgIpc) is 3.01. The molecule has 0 aliphatic carbocycles. The SMILES string of the molecule is CCc1nnsc1C(=O)OCC(=O)c1ccc(OC)cc1. The molecule has 2 rings (SSSR count). The Morgan fingerprint density at radius 1 is 1.24 bits per heavy atom. The Kier molecular flexibility index (Phi) is 4.99. The molecule has 2 aromatic rings. The lowest BCUT2D eigenvalue weighted by atomic mass is 10.1. The van der Waals surface area contributed by atoms with E-state index in [0.29, 0.717) is 28.3 Å². The molecular weight excluding hydrogens is 292 g/mol. The lowest BCUT2D eigenvalue weighted by Crippen LogP contribution is -2.14. The number of ether oxygens (including phenoxy) is 2. The number of benzene rings is 1. The van der Waals surface area contributed by atoms with Crippen LogP contribution in [0.4, 0.5) is 0 Å². The maximum atomic E-state index is 11.9. The Hall–Kier alpha value is -2.28. The lowest BCUT2D eigenvalue weighted by Gasteiger charge is -2.04. The van der Waals surface area contributed by atoms with E-state index in [2.05, 4.69) is 9.59 Å². The molecule has 21 heavy (non-hydrogen) atoms. The first-order chi connectivity index (χ1) is 10.2. The molecule has 0 saturated heterocycles. The van der Waals surface area contributed by atoms with Crippen molar-refractivity contribution in [3.05, 3.63) is 40.4 Å². The van der Waals surface area contributed by atoms with Crippen LogP contribution in [0.25, 0.3) is 0 Å². The van der Waals surface area contributed by atoms with E-state index < -0.39 is 5.97 Å². The highest BCUT2D eigenvalue weighted by molar-refractivity contribution is 7.07. The number of methoxy groups -OCH3 is 1. The summed E-state index contributed by atoms with van der Waals surface area (Å²) in [6.07, 6.45) is 0.591. The van der Waals surface area contributed by atoms with Crippen molar-refractivity contribution in [3.63, 3.8) is 0 Å². The van der Waals surface area contributed by atoms with Gasteiger partial charge in [-0.3, -0.25) is 4.79 Å². The summed E-state index contributed by atoms with van der Waals surface area (Å²) in [7, 11) is 1.55. The summed E-state index contributed by atoms with van der Waals surface area (Å²) in [6.45, 7) is 1.56. The van der Waals surface area contributed by atoms with Gasteiger partial charge in [0.15, 0.2) is 17.3 Å². The number of Topliss-reactive ketones (excluding diaryl/α,β-unsaturated/α-hetero) is 1. The molecule has 0 fully saturated rings. The quantitative estimate of drug-likeness (QED) is 0.601. The number of aryl methyl sites for hydroxylation is 1. The highest BCUT2D eigenvalue weighted by atomic mass is 32.1. The van der Waals surface area contributed by atoms with E-state index in [1.165, 1.54) is 0 Å². The minimum absolute atomic E-state index is 0.276. The van der Waals surface area contributed by atoms with Crippen molar-refractivity contribution in [2.75, 3.05) is 13.7 Å². The number of ketones is 1. The van der Waals surface area contributed by atoms with E-state index in [4.69, 9.17) is 9.47 Å². The third-order valence-corrected chi connectivity index (χ3v) is 3.57. The molecular formula is C14H14N2O4S. The first-order valence-electron chi connectivity index (χ1n) is 6.31. The minimum Gasteiger partial charge on any atom is -0.497 e. The number of carbonyl (C=O) groups excluding carboxylic acids is 2.